The number of nitrogens with zero attached hydrogens (tertiary/aromatic N) is 2. The molecule has 0 unspecified atom stereocenters. The van der Waals surface area contributed by atoms with E-state index in [0.717, 1.165) is 16.0 Å². The molecule has 0 atom stereocenters. The molecule has 2 saturated carbocycles. The van der Waals surface area contributed by atoms with Gasteiger partial charge < -0.3 is 24.3 Å². The minimum Gasteiger partial charge on any atom is -0.443 e. The number of urea groups is 2. The first-order chi connectivity index (χ1) is 23.4. The number of benzene rings is 2. The van der Waals surface area contributed by atoms with Crippen molar-refractivity contribution in [3.8, 4) is 0 Å². The molecule has 2 heterocycles. The maximum absolute atomic E-state index is 13.2. The molecule has 8 amide bonds. The number of rotatable bonds is 6. The molecule has 4 aliphatic rings. The normalized spacial score (nSPS) is 25.7. The highest BCUT2D eigenvalue weighted by Crippen LogP contribution is 2.47. The van der Waals surface area contributed by atoms with Gasteiger partial charge >= 0.3 is 24.2 Å². The second kappa shape index (κ2) is 13.8. The van der Waals surface area contributed by atoms with Crippen molar-refractivity contribution in [2.24, 2.45) is 0 Å². The molecule has 50 heavy (non-hydrogen) atoms. The number of amides is 8. The van der Waals surface area contributed by atoms with Crippen LogP contribution in [0.25, 0.3) is 0 Å². The number of imide groups is 5. The third-order valence-corrected chi connectivity index (χ3v) is 8.52. The number of hydrogen-bond acceptors (Lipinski definition) is 10. The summed E-state index contributed by atoms with van der Waals surface area (Å²) < 4.78 is 22.1. The van der Waals surface area contributed by atoms with Crippen LogP contribution < -0.4 is 10.6 Å². The van der Waals surface area contributed by atoms with E-state index in [0.29, 0.717) is 31.0 Å². The van der Waals surface area contributed by atoms with Gasteiger partial charge in [0.15, 0.2) is 0 Å². The molecule has 2 aromatic carbocycles. The van der Waals surface area contributed by atoms with E-state index in [1.165, 1.54) is 0 Å². The van der Waals surface area contributed by atoms with Crippen molar-refractivity contribution in [2.75, 3.05) is 0 Å². The predicted molar refractivity (Wildman–Crippen MR) is 177 cm³/mol. The molecule has 4 fully saturated rings. The average molecular weight is 693 g/mol. The van der Waals surface area contributed by atoms with Crippen molar-refractivity contribution in [3.05, 3.63) is 71.8 Å². The number of hydrogen-bond donors (Lipinski definition) is 2. The molecule has 268 valence electrons. The third kappa shape index (κ3) is 7.97. The second-order valence-electron chi connectivity index (χ2n) is 14.9. The Morgan fingerprint density at radius 1 is 0.720 bits per heavy atom. The average Bonchev–Trinajstić information content (AvgIpc) is 3.41. The monoisotopic (exact) mass is 692 g/mol. The van der Waals surface area contributed by atoms with Gasteiger partial charge in [-0.2, -0.15) is 4.90 Å². The van der Waals surface area contributed by atoms with Crippen LogP contribution in [-0.2, 0) is 41.8 Å². The quantitative estimate of drug-likeness (QED) is 0.385. The fraction of sp³-hybridized carbons (Fsp3) is 0.500. The minimum absolute atomic E-state index is 0.0364. The Balaban J connectivity index is 0.000000226. The lowest BCUT2D eigenvalue weighted by molar-refractivity contribution is -0.148. The van der Waals surface area contributed by atoms with E-state index in [1.807, 2.05) is 60.7 Å². The molecule has 2 aliphatic heterocycles. The minimum atomic E-state index is -1.53. The number of nitrogens with one attached hydrogen (secondary N) is 2. The summed E-state index contributed by atoms with van der Waals surface area (Å²) in [5, 5.41) is 4.92. The van der Waals surface area contributed by atoms with Crippen LogP contribution in [0.3, 0.4) is 0 Å². The molecule has 2 aromatic rings. The van der Waals surface area contributed by atoms with E-state index in [4.69, 9.17) is 18.9 Å². The van der Waals surface area contributed by atoms with Crippen molar-refractivity contribution >= 4 is 36.1 Å². The first kappa shape index (κ1) is 36.5. The van der Waals surface area contributed by atoms with Crippen LogP contribution in [-0.4, -0.2) is 80.4 Å². The standard InChI is InChI=1S/C23H30N2O7.C13H14N2O3/c1-21(2,3)31-19(28)24-17(26)23(25(18(24)27)20(29)32-22(4,5)6)12-16(13-23)30-14-15-10-8-7-9-11-15;16-11-13(15-12(17)14-11)6-10(7-13)18-8-9-4-2-1-3-5-9/h7-11,16H,12-14H2,1-6H3;1-5,10H,6-8H2,(H2,14,15,16,17). The highest BCUT2D eigenvalue weighted by atomic mass is 16.6. The van der Waals surface area contributed by atoms with Gasteiger partial charge in [0.25, 0.3) is 11.8 Å². The molecule has 2 aliphatic carbocycles. The van der Waals surface area contributed by atoms with Crippen molar-refractivity contribution in [2.45, 2.75) is 115 Å². The van der Waals surface area contributed by atoms with Crippen LogP contribution in [0.15, 0.2) is 60.7 Å². The van der Waals surface area contributed by atoms with Gasteiger partial charge in [-0.05, 0) is 52.7 Å². The summed E-state index contributed by atoms with van der Waals surface area (Å²) in [5.41, 5.74) is -1.99. The molecule has 2 N–H and O–H groups in total. The molecule has 0 radical (unpaired) electrons. The van der Waals surface area contributed by atoms with E-state index >= 15 is 0 Å². The van der Waals surface area contributed by atoms with Crippen molar-refractivity contribution in [3.63, 3.8) is 0 Å². The fourth-order valence-electron chi connectivity index (χ4n) is 6.10. The van der Waals surface area contributed by atoms with Gasteiger partial charge in [0.05, 0.1) is 25.4 Å². The maximum Gasteiger partial charge on any atom is 0.425 e. The van der Waals surface area contributed by atoms with Gasteiger partial charge in [-0.1, -0.05) is 60.7 Å². The molecule has 0 bridgehead atoms. The topological polar surface area (TPSA) is 170 Å². The molecular weight excluding hydrogens is 648 g/mol. The number of carbonyl (C=O) groups excluding carboxylic acids is 6. The van der Waals surface area contributed by atoms with E-state index in [9.17, 15) is 28.8 Å². The first-order valence-electron chi connectivity index (χ1n) is 16.5. The summed E-state index contributed by atoms with van der Waals surface area (Å²) in [7, 11) is 0. The molecule has 2 spiro atoms. The van der Waals surface area contributed by atoms with Gasteiger partial charge in [-0.15, -0.1) is 0 Å². The Labute approximate surface area is 290 Å². The first-order valence-corrected chi connectivity index (χ1v) is 16.5. The SMILES string of the molecule is CC(C)(C)OC(=O)N1C(=O)N(C(=O)OC(C)(C)C)C2(CC(OCc3ccccc3)C2)C1=O.O=C1NC(=O)C2(CC(OCc3ccccc3)C2)N1. The Kier molecular flexibility index (Phi) is 10.1. The highest BCUT2D eigenvalue weighted by molar-refractivity contribution is 6.21. The molecule has 0 aromatic heterocycles. The molecule has 6 rings (SSSR count). The van der Waals surface area contributed by atoms with Gasteiger partial charge in [0, 0.05) is 25.7 Å². The van der Waals surface area contributed by atoms with Gasteiger partial charge in [-0.25, -0.2) is 24.1 Å². The molecule has 2 saturated heterocycles. The van der Waals surface area contributed by atoms with Crippen molar-refractivity contribution < 1.29 is 47.7 Å². The zero-order valence-electron chi connectivity index (χ0n) is 29.1. The van der Waals surface area contributed by atoms with Crippen molar-refractivity contribution in [1.82, 2.24) is 20.4 Å². The lowest BCUT2D eigenvalue weighted by Gasteiger charge is -2.46. The predicted octanol–water partition coefficient (Wildman–Crippen LogP) is 5.18. The maximum atomic E-state index is 13.2. The molecule has 14 nitrogen and oxygen atoms in total. The van der Waals surface area contributed by atoms with Gasteiger partial charge in [-0.3, -0.25) is 14.9 Å². The Morgan fingerprint density at radius 2 is 1.18 bits per heavy atom. The van der Waals surface area contributed by atoms with Crippen LogP contribution in [0.4, 0.5) is 19.2 Å². The number of carbonyl (C=O) groups is 6. The lowest BCUT2D eigenvalue weighted by atomic mass is 9.73. The summed E-state index contributed by atoms with van der Waals surface area (Å²) in [4.78, 5) is 75.5. The van der Waals surface area contributed by atoms with Crippen LogP contribution in [0.2, 0.25) is 0 Å². The van der Waals surface area contributed by atoms with E-state index < -0.39 is 52.4 Å². The molecular formula is C36H44N4O10. The molecule has 14 heteroatoms. The zero-order chi connectivity index (χ0) is 36.5. The summed E-state index contributed by atoms with van der Waals surface area (Å²) in [6.07, 6.45) is -1.18. The summed E-state index contributed by atoms with van der Waals surface area (Å²) >= 11 is 0. The summed E-state index contributed by atoms with van der Waals surface area (Å²) in [5.74, 6) is -1.03. The summed E-state index contributed by atoms with van der Waals surface area (Å²) in [6, 6.07) is 17.9. The van der Waals surface area contributed by atoms with Crippen LogP contribution in [0.1, 0.15) is 78.4 Å². The van der Waals surface area contributed by atoms with Crippen LogP contribution in [0, 0.1) is 0 Å². The Hall–Kier alpha value is -4.82. The van der Waals surface area contributed by atoms with E-state index in [1.54, 1.807) is 41.5 Å². The van der Waals surface area contributed by atoms with Crippen molar-refractivity contribution in [1.29, 1.82) is 0 Å². The largest absolute Gasteiger partial charge is 0.443 e. The van der Waals surface area contributed by atoms with Gasteiger partial charge in [0.1, 0.15) is 22.3 Å². The summed E-state index contributed by atoms with van der Waals surface area (Å²) in [6.45, 7) is 10.7. The Morgan fingerprint density at radius 3 is 1.62 bits per heavy atom. The van der Waals surface area contributed by atoms with Gasteiger partial charge in [0.2, 0.25) is 0 Å². The van der Waals surface area contributed by atoms with E-state index in [-0.39, 0.29) is 31.0 Å². The Bertz CT molecular complexity index is 1620. The lowest BCUT2D eigenvalue weighted by Crippen LogP contribution is -2.63. The number of ether oxygens (including phenoxy) is 4. The third-order valence-electron chi connectivity index (χ3n) is 8.52. The van der Waals surface area contributed by atoms with Crippen LogP contribution >= 0.6 is 0 Å². The smallest absolute Gasteiger partial charge is 0.425 e. The fourth-order valence-corrected chi connectivity index (χ4v) is 6.10. The second-order valence-corrected chi connectivity index (χ2v) is 14.9. The van der Waals surface area contributed by atoms with E-state index in [2.05, 4.69) is 10.6 Å². The van der Waals surface area contributed by atoms with Crippen LogP contribution in [0.5, 0.6) is 0 Å². The zero-order valence-corrected chi connectivity index (χ0v) is 29.1. The highest BCUT2D eigenvalue weighted by Gasteiger charge is 2.69.